The summed E-state index contributed by atoms with van der Waals surface area (Å²) in [5, 5.41) is 4.62. The first kappa shape index (κ1) is 10.7. The molecule has 0 aliphatic heterocycles. The van der Waals surface area contributed by atoms with Crippen LogP contribution in [-0.2, 0) is 13.5 Å². The zero-order valence-corrected chi connectivity index (χ0v) is 10.2. The van der Waals surface area contributed by atoms with E-state index in [2.05, 4.69) is 18.9 Å². The third-order valence-electron chi connectivity index (χ3n) is 3.94. The maximum absolute atomic E-state index is 4.62. The molecule has 0 N–H and O–H groups in total. The van der Waals surface area contributed by atoms with Crippen LogP contribution in [0.15, 0.2) is 0 Å². The molecule has 15 heavy (non-hydrogen) atoms. The van der Waals surface area contributed by atoms with Gasteiger partial charge < -0.3 is 0 Å². The van der Waals surface area contributed by atoms with Gasteiger partial charge in [-0.1, -0.05) is 32.1 Å². The van der Waals surface area contributed by atoms with Gasteiger partial charge in [-0.3, -0.25) is 4.68 Å². The molecule has 1 aliphatic rings. The molecule has 1 aromatic rings. The summed E-state index contributed by atoms with van der Waals surface area (Å²) in [6.07, 6.45) is 8.32. The Labute approximate surface area is 92.7 Å². The predicted molar refractivity (Wildman–Crippen MR) is 63.0 cm³/mol. The highest BCUT2D eigenvalue weighted by molar-refractivity contribution is 5.23. The van der Waals surface area contributed by atoms with Crippen molar-refractivity contribution in [2.75, 3.05) is 0 Å². The van der Waals surface area contributed by atoms with Crippen LogP contribution >= 0.6 is 0 Å². The van der Waals surface area contributed by atoms with Crippen LogP contribution in [0.3, 0.4) is 0 Å². The van der Waals surface area contributed by atoms with Crippen LogP contribution in [0.25, 0.3) is 0 Å². The molecule has 1 saturated carbocycles. The Morgan fingerprint density at radius 1 is 1.20 bits per heavy atom. The van der Waals surface area contributed by atoms with E-state index in [0.29, 0.717) is 0 Å². The summed E-state index contributed by atoms with van der Waals surface area (Å²) in [4.78, 5) is 0. The van der Waals surface area contributed by atoms with Crippen molar-refractivity contribution in [2.45, 2.75) is 52.4 Å². The molecule has 1 heterocycles. The van der Waals surface area contributed by atoms with E-state index in [-0.39, 0.29) is 0 Å². The minimum absolute atomic E-state index is 0.895. The molecule has 0 saturated heterocycles. The van der Waals surface area contributed by atoms with Gasteiger partial charge in [-0.25, -0.2) is 0 Å². The van der Waals surface area contributed by atoms with Gasteiger partial charge in [-0.15, -0.1) is 0 Å². The third kappa shape index (κ3) is 2.24. The Bertz CT molecular complexity index is 333. The van der Waals surface area contributed by atoms with Gasteiger partial charge in [0.15, 0.2) is 0 Å². The summed E-state index contributed by atoms with van der Waals surface area (Å²) in [5.41, 5.74) is 4.06. The fourth-order valence-electron chi connectivity index (χ4n) is 2.64. The van der Waals surface area contributed by atoms with E-state index in [4.69, 9.17) is 0 Å². The highest BCUT2D eigenvalue weighted by atomic mass is 15.3. The average Bonchev–Trinajstić information content (AvgIpc) is 2.48. The minimum atomic E-state index is 0.895. The SMILES string of the molecule is Cc1c(CC2CCCCC2)nn(C)c1C. The van der Waals surface area contributed by atoms with Crippen molar-refractivity contribution in [3.8, 4) is 0 Å². The average molecular weight is 206 g/mol. The Morgan fingerprint density at radius 2 is 1.87 bits per heavy atom. The summed E-state index contributed by atoms with van der Waals surface area (Å²) < 4.78 is 2.02. The van der Waals surface area contributed by atoms with E-state index in [1.165, 1.54) is 55.5 Å². The van der Waals surface area contributed by atoms with Crippen LogP contribution in [0.1, 0.15) is 49.1 Å². The Balaban J connectivity index is 2.06. The molecule has 0 unspecified atom stereocenters. The number of rotatable bonds is 2. The number of nitrogens with zero attached hydrogens (tertiary/aromatic N) is 2. The standard InChI is InChI=1S/C13H22N2/c1-10-11(2)15(3)14-13(10)9-12-7-5-4-6-8-12/h12H,4-9H2,1-3H3. The Kier molecular flexibility index (Phi) is 3.13. The lowest BCUT2D eigenvalue weighted by atomic mass is 9.85. The summed E-state index contributed by atoms with van der Waals surface area (Å²) in [5.74, 6) is 0.895. The fourth-order valence-corrected chi connectivity index (χ4v) is 2.64. The quantitative estimate of drug-likeness (QED) is 0.726. The number of hydrogen-bond acceptors (Lipinski definition) is 1. The maximum Gasteiger partial charge on any atom is 0.0659 e. The smallest absolute Gasteiger partial charge is 0.0659 e. The molecular weight excluding hydrogens is 184 g/mol. The highest BCUT2D eigenvalue weighted by Crippen LogP contribution is 2.27. The number of hydrogen-bond donors (Lipinski definition) is 0. The van der Waals surface area contributed by atoms with Crippen LogP contribution in [0.2, 0.25) is 0 Å². The van der Waals surface area contributed by atoms with Gasteiger partial charge in [0.25, 0.3) is 0 Å². The molecule has 84 valence electrons. The van der Waals surface area contributed by atoms with Crippen LogP contribution in [0, 0.1) is 19.8 Å². The van der Waals surface area contributed by atoms with Crippen LogP contribution in [0.5, 0.6) is 0 Å². The lowest BCUT2D eigenvalue weighted by Crippen LogP contribution is -2.10. The van der Waals surface area contributed by atoms with E-state index in [1.54, 1.807) is 0 Å². The van der Waals surface area contributed by atoms with E-state index < -0.39 is 0 Å². The van der Waals surface area contributed by atoms with Gasteiger partial charge in [-0.05, 0) is 31.7 Å². The van der Waals surface area contributed by atoms with E-state index in [0.717, 1.165) is 5.92 Å². The normalized spacial score (nSPS) is 18.3. The van der Waals surface area contributed by atoms with E-state index in [1.807, 2.05) is 11.7 Å². The predicted octanol–water partition coefficient (Wildman–Crippen LogP) is 3.16. The largest absolute Gasteiger partial charge is 0.272 e. The van der Waals surface area contributed by atoms with Gasteiger partial charge in [0.05, 0.1) is 5.69 Å². The first-order valence-corrected chi connectivity index (χ1v) is 6.17. The van der Waals surface area contributed by atoms with Crippen molar-refractivity contribution in [3.63, 3.8) is 0 Å². The van der Waals surface area contributed by atoms with Gasteiger partial charge in [-0.2, -0.15) is 5.10 Å². The molecule has 0 atom stereocenters. The van der Waals surface area contributed by atoms with E-state index in [9.17, 15) is 0 Å². The van der Waals surface area contributed by atoms with Crippen molar-refractivity contribution < 1.29 is 0 Å². The number of aryl methyl sites for hydroxylation is 1. The second-order valence-electron chi connectivity index (χ2n) is 4.99. The summed E-state index contributed by atoms with van der Waals surface area (Å²) in [6.45, 7) is 4.37. The van der Waals surface area contributed by atoms with Crippen molar-refractivity contribution in [2.24, 2.45) is 13.0 Å². The second kappa shape index (κ2) is 4.38. The molecule has 2 rings (SSSR count). The molecule has 0 aromatic carbocycles. The van der Waals surface area contributed by atoms with Crippen LogP contribution in [-0.4, -0.2) is 9.78 Å². The number of aromatic nitrogens is 2. The molecule has 2 nitrogen and oxygen atoms in total. The Morgan fingerprint density at radius 3 is 2.40 bits per heavy atom. The first-order valence-electron chi connectivity index (χ1n) is 6.17. The van der Waals surface area contributed by atoms with Gasteiger partial charge in [0.2, 0.25) is 0 Å². The zero-order valence-electron chi connectivity index (χ0n) is 10.2. The highest BCUT2D eigenvalue weighted by Gasteiger charge is 2.17. The molecule has 0 radical (unpaired) electrons. The zero-order chi connectivity index (χ0) is 10.8. The van der Waals surface area contributed by atoms with Crippen molar-refractivity contribution in [3.05, 3.63) is 17.0 Å². The molecule has 0 spiro atoms. The molecule has 1 aliphatic carbocycles. The second-order valence-corrected chi connectivity index (χ2v) is 4.99. The third-order valence-corrected chi connectivity index (χ3v) is 3.94. The monoisotopic (exact) mass is 206 g/mol. The summed E-state index contributed by atoms with van der Waals surface area (Å²) in [7, 11) is 2.05. The lowest BCUT2D eigenvalue weighted by molar-refractivity contribution is 0.353. The van der Waals surface area contributed by atoms with E-state index >= 15 is 0 Å². The molecule has 0 bridgehead atoms. The van der Waals surface area contributed by atoms with Gasteiger partial charge in [0, 0.05) is 12.7 Å². The van der Waals surface area contributed by atoms with Crippen molar-refractivity contribution in [1.82, 2.24) is 9.78 Å². The topological polar surface area (TPSA) is 17.8 Å². The summed E-state index contributed by atoms with van der Waals surface area (Å²) in [6, 6.07) is 0. The lowest BCUT2D eigenvalue weighted by Gasteiger charge is -2.20. The first-order chi connectivity index (χ1) is 7.18. The Hall–Kier alpha value is -0.790. The molecular formula is C13H22N2. The molecule has 0 amide bonds. The van der Waals surface area contributed by atoms with Gasteiger partial charge >= 0.3 is 0 Å². The molecule has 1 fully saturated rings. The van der Waals surface area contributed by atoms with Gasteiger partial charge in [0.1, 0.15) is 0 Å². The summed E-state index contributed by atoms with van der Waals surface area (Å²) >= 11 is 0. The molecule has 2 heteroatoms. The van der Waals surface area contributed by atoms with Crippen LogP contribution < -0.4 is 0 Å². The minimum Gasteiger partial charge on any atom is -0.272 e. The van der Waals surface area contributed by atoms with Crippen molar-refractivity contribution in [1.29, 1.82) is 0 Å². The van der Waals surface area contributed by atoms with Crippen LogP contribution in [0.4, 0.5) is 0 Å². The molecule has 1 aromatic heterocycles. The fraction of sp³-hybridized carbons (Fsp3) is 0.769. The maximum atomic E-state index is 4.62. The van der Waals surface area contributed by atoms with Crippen molar-refractivity contribution >= 4 is 0 Å².